The third-order valence-electron chi connectivity index (χ3n) is 4.03. The molecule has 1 atom stereocenters. The van der Waals surface area contributed by atoms with Crippen molar-refractivity contribution in [3.8, 4) is 16.3 Å². The van der Waals surface area contributed by atoms with Crippen molar-refractivity contribution >= 4 is 23.2 Å². The number of hydrogen-bond acceptors (Lipinski definition) is 5. The smallest absolute Gasteiger partial charge is 0.244 e. The molecule has 3 aromatic rings. The Labute approximate surface area is 167 Å². The van der Waals surface area contributed by atoms with Crippen LogP contribution in [0, 0.1) is 0 Å². The summed E-state index contributed by atoms with van der Waals surface area (Å²) in [7, 11) is 0. The van der Waals surface area contributed by atoms with Crippen LogP contribution in [0.5, 0.6) is 5.75 Å². The second kappa shape index (κ2) is 9.14. The predicted octanol–water partition coefficient (Wildman–Crippen LogP) is 3.09. The molecule has 0 aliphatic rings. The molecule has 144 valence electrons. The highest BCUT2D eigenvalue weighted by Crippen LogP contribution is 2.26. The van der Waals surface area contributed by atoms with Gasteiger partial charge in [-0.05, 0) is 36.8 Å². The lowest BCUT2D eigenvalue weighted by molar-refractivity contribution is -0.127. The van der Waals surface area contributed by atoms with Crippen molar-refractivity contribution in [2.24, 2.45) is 5.73 Å². The molecule has 0 saturated heterocycles. The molecule has 6 nitrogen and oxygen atoms in total. The molecule has 1 unspecified atom stereocenters. The van der Waals surface area contributed by atoms with Gasteiger partial charge >= 0.3 is 0 Å². The minimum absolute atomic E-state index is 0.0736. The molecule has 1 aromatic heterocycles. The second-order valence-corrected chi connectivity index (χ2v) is 6.95. The van der Waals surface area contributed by atoms with Crippen molar-refractivity contribution in [2.45, 2.75) is 19.4 Å². The maximum atomic E-state index is 12.4. The molecule has 0 bridgehead atoms. The summed E-state index contributed by atoms with van der Waals surface area (Å²) in [5.41, 5.74) is 7.70. The molecule has 2 amide bonds. The van der Waals surface area contributed by atoms with Gasteiger partial charge in [-0.15, -0.1) is 11.3 Å². The summed E-state index contributed by atoms with van der Waals surface area (Å²) in [6.07, 6.45) is 0.0736. The summed E-state index contributed by atoms with van der Waals surface area (Å²) in [5.74, 6) is -0.107. The number of benzene rings is 2. The highest BCUT2D eigenvalue weighted by atomic mass is 32.1. The zero-order valence-electron chi connectivity index (χ0n) is 15.4. The zero-order valence-corrected chi connectivity index (χ0v) is 16.2. The van der Waals surface area contributed by atoms with E-state index in [0.29, 0.717) is 17.9 Å². The van der Waals surface area contributed by atoms with Gasteiger partial charge in [0.2, 0.25) is 11.8 Å². The van der Waals surface area contributed by atoms with Crippen LogP contribution in [-0.2, 0) is 16.0 Å². The first-order valence-corrected chi connectivity index (χ1v) is 9.76. The Balaban J connectivity index is 1.65. The lowest BCUT2D eigenvalue weighted by Crippen LogP contribution is -2.38. The number of amides is 2. The van der Waals surface area contributed by atoms with Gasteiger partial charge in [0.1, 0.15) is 16.8 Å². The maximum absolute atomic E-state index is 12.4. The number of aromatic nitrogens is 1. The quantitative estimate of drug-likeness (QED) is 0.613. The molecular formula is C21H21N3O3S. The third kappa shape index (κ3) is 4.95. The molecule has 0 radical (unpaired) electrons. The first-order chi connectivity index (χ1) is 13.6. The van der Waals surface area contributed by atoms with E-state index >= 15 is 0 Å². The number of nitrogens with one attached hydrogen (secondary N) is 1. The van der Waals surface area contributed by atoms with Gasteiger partial charge < -0.3 is 15.8 Å². The molecule has 28 heavy (non-hydrogen) atoms. The van der Waals surface area contributed by atoms with E-state index in [9.17, 15) is 9.59 Å². The number of hydrogen-bond donors (Lipinski definition) is 2. The van der Waals surface area contributed by atoms with E-state index in [2.05, 4.69) is 10.3 Å². The Morgan fingerprint density at radius 2 is 1.86 bits per heavy atom. The van der Waals surface area contributed by atoms with Crippen molar-refractivity contribution in [2.75, 3.05) is 6.61 Å². The van der Waals surface area contributed by atoms with E-state index in [1.54, 1.807) is 24.3 Å². The lowest BCUT2D eigenvalue weighted by Gasteiger charge is -2.15. The summed E-state index contributed by atoms with van der Waals surface area (Å²) in [6.45, 7) is 2.55. The third-order valence-corrected chi connectivity index (χ3v) is 4.97. The number of thiazole rings is 1. The molecule has 3 N–H and O–H groups in total. The van der Waals surface area contributed by atoms with E-state index < -0.39 is 11.9 Å². The van der Waals surface area contributed by atoms with E-state index in [1.165, 1.54) is 11.3 Å². The van der Waals surface area contributed by atoms with Crippen LogP contribution in [0.3, 0.4) is 0 Å². The van der Waals surface area contributed by atoms with Gasteiger partial charge in [0, 0.05) is 10.9 Å². The van der Waals surface area contributed by atoms with Crippen LogP contribution in [0.25, 0.3) is 10.6 Å². The number of nitrogens with zero attached hydrogens (tertiary/aromatic N) is 1. The summed E-state index contributed by atoms with van der Waals surface area (Å²) in [5, 5.41) is 5.35. The molecule has 3 rings (SSSR count). The average molecular weight is 395 g/mol. The van der Waals surface area contributed by atoms with Gasteiger partial charge in [0.05, 0.1) is 18.7 Å². The van der Waals surface area contributed by atoms with Gasteiger partial charge in [-0.25, -0.2) is 4.98 Å². The van der Waals surface area contributed by atoms with E-state index in [0.717, 1.165) is 16.3 Å². The first kappa shape index (κ1) is 19.6. The Kier molecular flexibility index (Phi) is 6.39. The van der Waals surface area contributed by atoms with E-state index in [4.69, 9.17) is 10.5 Å². The molecule has 0 aliphatic heterocycles. The highest BCUT2D eigenvalue weighted by Gasteiger charge is 2.20. The minimum Gasteiger partial charge on any atom is -0.494 e. The van der Waals surface area contributed by atoms with Crippen LogP contribution in [0.15, 0.2) is 60.0 Å². The molecule has 0 fully saturated rings. The summed E-state index contributed by atoms with van der Waals surface area (Å²) in [4.78, 5) is 28.6. The number of nitrogens with two attached hydrogens (primary N) is 1. The van der Waals surface area contributed by atoms with E-state index in [1.807, 2.05) is 42.6 Å². The zero-order chi connectivity index (χ0) is 19.9. The fourth-order valence-electron chi connectivity index (χ4n) is 2.72. The van der Waals surface area contributed by atoms with Crippen molar-refractivity contribution in [3.63, 3.8) is 0 Å². The monoisotopic (exact) mass is 395 g/mol. The summed E-state index contributed by atoms with van der Waals surface area (Å²) < 4.78 is 5.44. The molecule has 0 spiro atoms. The Morgan fingerprint density at radius 3 is 2.50 bits per heavy atom. The molecular weight excluding hydrogens is 374 g/mol. The molecule has 2 aromatic carbocycles. The van der Waals surface area contributed by atoms with E-state index in [-0.39, 0.29) is 12.3 Å². The largest absolute Gasteiger partial charge is 0.494 e. The molecule has 0 aliphatic carbocycles. The lowest BCUT2D eigenvalue weighted by atomic mass is 10.1. The van der Waals surface area contributed by atoms with Crippen LogP contribution in [0.1, 0.15) is 24.2 Å². The number of carbonyl (C=O) groups is 2. The molecule has 7 heteroatoms. The fourth-order valence-corrected chi connectivity index (χ4v) is 3.55. The van der Waals surface area contributed by atoms with Crippen molar-refractivity contribution in [3.05, 3.63) is 71.2 Å². The predicted molar refractivity (Wildman–Crippen MR) is 109 cm³/mol. The second-order valence-electron chi connectivity index (χ2n) is 6.09. The Morgan fingerprint density at radius 1 is 1.14 bits per heavy atom. The minimum atomic E-state index is -0.863. The van der Waals surface area contributed by atoms with Gasteiger partial charge in [0.25, 0.3) is 0 Å². The average Bonchev–Trinajstić information content (AvgIpc) is 3.16. The summed E-state index contributed by atoms with van der Waals surface area (Å²) >= 11 is 1.46. The van der Waals surface area contributed by atoms with Crippen molar-refractivity contribution < 1.29 is 14.3 Å². The number of primary amides is 1. The fraction of sp³-hybridized carbons (Fsp3) is 0.190. The number of ether oxygens (including phenoxy) is 1. The maximum Gasteiger partial charge on any atom is 0.244 e. The van der Waals surface area contributed by atoms with Crippen LogP contribution in [0.2, 0.25) is 0 Å². The van der Waals surface area contributed by atoms with Gasteiger partial charge in [-0.3, -0.25) is 9.59 Å². The van der Waals surface area contributed by atoms with Crippen LogP contribution >= 0.6 is 11.3 Å². The first-order valence-electron chi connectivity index (χ1n) is 8.88. The number of rotatable bonds is 8. The highest BCUT2D eigenvalue weighted by molar-refractivity contribution is 7.13. The van der Waals surface area contributed by atoms with Gasteiger partial charge in [-0.2, -0.15) is 0 Å². The van der Waals surface area contributed by atoms with Gasteiger partial charge in [-0.1, -0.05) is 30.3 Å². The normalized spacial score (nSPS) is 11.6. The van der Waals surface area contributed by atoms with Crippen LogP contribution in [0.4, 0.5) is 0 Å². The molecule has 1 heterocycles. The number of carbonyl (C=O) groups excluding carboxylic acids is 2. The van der Waals surface area contributed by atoms with Gasteiger partial charge in [0.15, 0.2) is 0 Å². The molecule has 0 saturated carbocycles. The topological polar surface area (TPSA) is 94.3 Å². The van der Waals surface area contributed by atoms with Crippen molar-refractivity contribution in [1.29, 1.82) is 0 Å². The van der Waals surface area contributed by atoms with Crippen LogP contribution < -0.4 is 15.8 Å². The Hall–Kier alpha value is -3.19. The SMILES string of the molecule is CCOc1ccc(-c2nc(CC(=O)NC(C(N)=O)c3ccccc3)cs2)cc1. The Bertz CT molecular complexity index is 939. The van der Waals surface area contributed by atoms with Crippen LogP contribution in [-0.4, -0.2) is 23.4 Å². The summed E-state index contributed by atoms with van der Waals surface area (Å²) in [6, 6.07) is 15.7. The van der Waals surface area contributed by atoms with Crippen molar-refractivity contribution in [1.82, 2.24) is 10.3 Å². The standard InChI is InChI=1S/C21H21N3O3S/c1-2-27-17-10-8-15(9-11-17)21-23-16(13-28-21)12-18(25)24-19(20(22)26)14-6-4-3-5-7-14/h3-11,13,19H,2,12H2,1H3,(H2,22,26)(H,24,25).